The second-order valence-corrected chi connectivity index (χ2v) is 11.5. The van der Waals surface area contributed by atoms with Gasteiger partial charge >= 0.3 is 12.3 Å². The topological polar surface area (TPSA) is 83.3 Å². The quantitative estimate of drug-likeness (QED) is 0.412. The van der Waals surface area contributed by atoms with Gasteiger partial charge in [0, 0.05) is 38.4 Å². The summed E-state index contributed by atoms with van der Waals surface area (Å²) in [6, 6.07) is 5.57. The summed E-state index contributed by atoms with van der Waals surface area (Å²) in [5.41, 5.74) is 2.30. The van der Waals surface area contributed by atoms with E-state index in [1.54, 1.807) is 49.7 Å². The van der Waals surface area contributed by atoms with Gasteiger partial charge in [-0.25, -0.2) is 14.3 Å². The van der Waals surface area contributed by atoms with Gasteiger partial charge in [-0.05, 0) is 51.3 Å². The zero-order chi connectivity index (χ0) is 29.0. The molecule has 3 aromatic rings. The number of rotatable bonds is 4. The van der Waals surface area contributed by atoms with Gasteiger partial charge in [0.1, 0.15) is 5.60 Å². The summed E-state index contributed by atoms with van der Waals surface area (Å²) >= 11 is 6.06. The van der Waals surface area contributed by atoms with Crippen LogP contribution < -0.4 is 4.90 Å². The normalized spacial score (nSPS) is 16.9. The summed E-state index contributed by atoms with van der Waals surface area (Å²) in [4.78, 5) is 33.6. The summed E-state index contributed by atoms with van der Waals surface area (Å²) in [6.07, 6.45) is -1.99. The number of anilines is 2. The van der Waals surface area contributed by atoms with Crippen molar-refractivity contribution in [3.63, 3.8) is 0 Å². The Hall–Kier alpha value is -3.54. The molecule has 0 N–H and O–H groups in total. The lowest BCUT2D eigenvalue weighted by molar-refractivity contribution is -0.192. The molecule has 1 fully saturated rings. The van der Waals surface area contributed by atoms with Crippen molar-refractivity contribution in [2.45, 2.75) is 51.4 Å². The van der Waals surface area contributed by atoms with Crippen LogP contribution in [0.15, 0.2) is 36.5 Å². The summed E-state index contributed by atoms with van der Waals surface area (Å²) < 4.78 is 49.8. The SMILES string of the molecule is CN(C(=O)C1CN(C(=O)OC(C)(C)C)C1)[C@@H](c1ccc(N2CCCc3c2cnc2cc(Cl)nn32)cc1)C(F)(F)F. The Morgan fingerprint density at radius 1 is 1.15 bits per heavy atom. The van der Waals surface area contributed by atoms with Crippen LogP contribution in [0.2, 0.25) is 5.15 Å². The van der Waals surface area contributed by atoms with Gasteiger partial charge in [0.05, 0.1) is 23.5 Å². The van der Waals surface area contributed by atoms with E-state index in [1.807, 2.05) is 4.90 Å². The van der Waals surface area contributed by atoms with Crippen molar-refractivity contribution in [3.05, 3.63) is 52.9 Å². The number of carbonyl (C=O) groups excluding carboxylic acids is 2. The molecule has 4 heterocycles. The van der Waals surface area contributed by atoms with Gasteiger partial charge in [-0.1, -0.05) is 23.7 Å². The minimum Gasteiger partial charge on any atom is -0.444 e. The van der Waals surface area contributed by atoms with E-state index in [0.717, 1.165) is 36.2 Å². The number of hydrogen-bond donors (Lipinski definition) is 0. The number of halogens is 4. The third-order valence-electron chi connectivity index (χ3n) is 7.07. The fourth-order valence-electron chi connectivity index (χ4n) is 5.19. The van der Waals surface area contributed by atoms with E-state index in [-0.39, 0.29) is 18.7 Å². The van der Waals surface area contributed by atoms with E-state index in [4.69, 9.17) is 16.3 Å². The summed E-state index contributed by atoms with van der Waals surface area (Å²) in [5.74, 6) is -1.41. The van der Waals surface area contributed by atoms with Gasteiger partial charge in [-0.2, -0.15) is 18.3 Å². The van der Waals surface area contributed by atoms with Crippen LogP contribution in [0.1, 0.15) is 44.5 Å². The molecule has 0 saturated carbocycles. The molecule has 0 spiro atoms. The lowest BCUT2D eigenvalue weighted by atomic mass is 9.96. The number of ether oxygens (including phenoxy) is 1. The number of hydrogen-bond acceptors (Lipinski definition) is 6. The Morgan fingerprint density at radius 3 is 2.45 bits per heavy atom. The minimum absolute atomic E-state index is 0.0126. The maximum atomic E-state index is 14.3. The highest BCUT2D eigenvalue weighted by molar-refractivity contribution is 6.29. The van der Waals surface area contributed by atoms with Crippen LogP contribution in [0.4, 0.5) is 29.3 Å². The second-order valence-electron chi connectivity index (χ2n) is 11.1. The number of benzene rings is 1. The highest BCUT2D eigenvalue weighted by Gasteiger charge is 2.48. The molecule has 1 aromatic carbocycles. The lowest BCUT2D eigenvalue weighted by Gasteiger charge is -2.42. The summed E-state index contributed by atoms with van der Waals surface area (Å²) in [6.45, 7) is 5.84. The largest absolute Gasteiger partial charge is 0.444 e. The van der Waals surface area contributed by atoms with Crippen LogP contribution in [0, 0.1) is 5.92 Å². The van der Waals surface area contributed by atoms with Crippen LogP contribution in [0.5, 0.6) is 0 Å². The van der Waals surface area contributed by atoms with Gasteiger partial charge in [-0.15, -0.1) is 0 Å². The molecule has 0 radical (unpaired) electrons. The molecule has 214 valence electrons. The first-order valence-corrected chi connectivity index (χ1v) is 13.3. The fourth-order valence-corrected chi connectivity index (χ4v) is 5.36. The highest BCUT2D eigenvalue weighted by Crippen LogP contribution is 2.40. The smallest absolute Gasteiger partial charge is 0.413 e. The molecule has 0 aliphatic carbocycles. The average molecular weight is 579 g/mol. The molecule has 1 atom stereocenters. The van der Waals surface area contributed by atoms with Crippen molar-refractivity contribution in [1.82, 2.24) is 24.4 Å². The molecule has 2 aliphatic rings. The Labute approximate surface area is 234 Å². The van der Waals surface area contributed by atoms with E-state index in [0.29, 0.717) is 23.0 Å². The van der Waals surface area contributed by atoms with E-state index in [1.165, 1.54) is 17.0 Å². The first kappa shape index (κ1) is 28.0. The van der Waals surface area contributed by atoms with Crippen molar-refractivity contribution >= 4 is 40.6 Å². The predicted octanol–water partition coefficient (Wildman–Crippen LogP) is 5.40. The monoisotopic (exact) mass is 578 g/mol. The number of nitrogens with zero attached hydrogens (tertiary/aromatic N) is 6. The third-order valence-corrected chi connectivity index (χ3v) is 7.25. The molecule has 5 rings (SSSR count). The van der Waals surface area contributed by atoms with Crippen molar-refractivity contribution in [1.29, 1.82) is 0 Å². The van der Waals surface area contributed by atoms with Crippen molar-refractivity contribution < 1.29 is 27.5 Å². The van der Waals surface area contributed by atoms with E-state index < -0.39 is 35.7 Å². The highest BCUT2D eigenvalue weighted by atomic mass is 35.5. The number of carbonyl (C=O) groups is 2. The van der Waals surface area contributed by atoms with Crippen molar-refractivity contribution in [2.75, 3.05) is 31.6 Å². The molecular weight excluding hydrogens is 549 g/mol. The molecule has 2 aromatic heterocycles. The van der Waals surface area contributed by atoms with Gasteiger partial charge in [0.25, 0.3) is 0 Å². The molecule has 0 bridgehead atoms. The summed E-state index contributed by atoms with van der Waals surface area (Å²) in [7, 11) is 1.15. The standard InChI is InChI=1S/C27H30ClF3N6O3/c1-26(2,3)40-25(39)35-14-17(15-35)24(38)34(4)23(27(29,30)31)16-7-9-18(10-8-16)36-11-5-6-19-20(36)13-32-22-12-21(28)33-37(19)22/h7-10,12-13,17,23H,5-6,11,14-15H2,1-4H3/t23-/m0/s1. The number of fused-ring (bicyclic) bond motifs is 3. The minimum atomic E-state index is -4.70. The fraction of sp³-hybridized carbons (Fsp3) is 0.481. The molecule has 2 amide bonds. The van der Waals surface area contributed by atoms with Crippen molar-refractivity contribution in [3.8, 4) is 0 Å². The molecule has 2 aliphatic heterocycles. The molecule has 9 nitrogen and oxygen atoms in total. The van der Waals surface area contributed by atoms with Crippen LogP contribution in [-0.4, -0.2) is 74.9 Å². The van der Waals surface area contributed by atoms with Gasteiger partial charge in [-0.3, -0.25) is 4.79 Å². The number of amides is 2. The maximum absolute atomic E-state index is 14.3. The third kappa shape index (κ3) is 5.41. The molecule has 40 heavy (non-hydrogen) atoms. The Kier molecular flexibility index (Phi) is 7.10. The number of alkyl halides is 3. The molecule has 0 unspecified atom stereocenters. The molecule has 13 heteroatoms. The van der Waals surface area contributed by atoms with Crippen LogP contribution in [0.3, 0.4) is 0 Å². The Morgan fingerprint density at radius 2 is 1.82 bits per heavy atom. The molecule has 1 saturated heterocycles. The van der Waals surface area contributed by atoms with E-state index in [9.17, 15) is 22.8 Å². The average Bonchev–Trinajstić information content (AvgIpc) is 3.22. The van der Waals surface area contributed by atoms with Crippen LogP contribution >= 0.6 is 11.6 Å². The lowest BCUT2D eigenvalue weighted by Crippen LogP contribution is -2.57. The van der Waals surface area contributed by atoms with Gasteiger partial charge in [0.2, 0.25) is 5.91 Å². The zero-order valence-corrected chi connectivity index (χ0v) is 23.3. The Bertz CT molecular complexity index is 1430. The van der Waals surface area contributed by atoms with Crippen LogP contribution in [-0.2, 0) is 16.0 Å². The van der Waals surface area contributed by atoms with E-state index >= 15 is 0 Å². The number of likely N-dealkylation sites (tertiary alicyclic amines) is 1. The number of aryl methyl sites for hydroxylation is 1. The number of aromatic nitrogens is 3. The van der Waals surface area contributed by atoms with E-state index in [2.05, 4.69) is 10.1 Å². The predicted molar refractivity (Wildman–Crippen MR) is 143 cm³/mol. The second kappa shape index (κ2) is 10.1. The Balaban J connectivity index is 1.33. The van der Waals surface area contributed by atoms with Crippen molar-refractivity contribution in [2.24, 2.45) is 5.92 Å². The van der Waals surface area contributed by atoms with Crippen LogP contribution in [0.25, 0.3) is 5.65 Å². The maximum Gasteiger partial charge on any atom is 0.413 e. The first-order valence-electron chi connectivity index (χ1n) is 12.9. The first-order chi connectivity index (χ1) is 18.7. The zero-order valence-electron chi connectivity index (χ0n) is 22.6. The van der Waals surface area contributed by atoms with Gasteiger partial charge in [0.15, 0.2) is 16.8 Å². The molecular formula is C27H30ClF3N6O3. The van der Waals surface area contributed by atoms with Gasteiger partial charge < -0.3 is 19.4 Å². The summed E-state index contributed by atoms with van der Waals surface area (Å²) in [5, 5.41) is 4.64.